The molecule has 112 valence electrons. The first kappa shape index (κ1) is 14.7. The summed E-state index contributed by atoms with van der Waals surface area (Å²) >= 11 is -0.116. The molecule has 0 amide bonds. The molecule has 6 heteroatoms. The third-order valence-electron chi connectivity index (χ3n) is 2.96. The second-order valence-corrected chi connectivity index (χ2v) is 5.73. The van der Waals surface area contributed by atoms with Crippen molar-refractivity contribution in [1.29, 1.82) is 0 Å². The zero-order chi connectivity index (χ0) is 15.6. The molecule has 0 unspecified atom stereocenters. The molecule has 2 aromatic carbocycles. The van der Waals surface area contributed by atoms with E-state index < -0.39 is 5.51 Å². The van der Waals surface area contributed by atoms with E-state index in [0.717, 1.165) is 16.6 Å². The van der Waals surface area contributed by atoms with Gasteiger partial charge in [0.15, 0.2) is 0 Å². The minimum atomic E-state index is -4.26. The topological polar surface area (TPSA) is 28.7 Å². The summed E-state index contributed by atoms with van der Waals surface area (Å²) in [7, 11) is 0. The Hall–Kier alpha value is -2.21. The van der Waals surface area contributed by atoms with Crippen LogP contribution in [0, 0.1) is 0 Å². The van der Waals surface area contributed by atoms with Crippen LogP contribution in [0.2, 0.25) is 0 Å². The van der Waals surface area contributed by atoms with E-state index in [9.17, 15) is 13.2 Å². The van der Waals surface area contributed by atoms with Gasteiger partial charge < -0.3 is 4.98 Å². The number of hydrogen-bond acceptors (Lipinski definition) is 2. The number of aromatic amines is 1. The van der Waals surface area contributed by atoms with Crippen molar-refractivity contribution in [2.75, 3.05) is 0 Å². The molecule has 1 N–H and O–H groups in total. The van der Waals surface area contributed by atoms with Crippen LogP contribution in [0.1, 0.15) is 11.4 Å². The number of fused-ring (bicyclic) bond motifs is 1. The van der Waals surface area contributed by atoms with E-state index in [4.69, 9.17) is 0 Å². The smallest absolute Gasteiger partial charge is 0.338 e. The molecule has 0 radical (unpaired) electrons. The average Bonchev–Trinajstić information content (AvgIpc) is 2.88. The van der Waals surface area contributed by atoms with Gasteiger partial charge in [-0.15, -0.1) is 0 Å². The summed E-state index contributed by atoms with van der Waals surface area (Å²) in [6.45, 7) is 0. The van der Waals surface area contributed by atoms with Crippen molar-refractivity contribution in [1.82, 2.24) is 9.97 Å². The first-order valence-corrected chi connectivity index (χ1v) is 7.30. The fourth-order valence-electron chi connectivity index (χ4n) is 2.01. The van der Waals surface area contributed by atoms with Crippen molar-refractivity contribution in [2.24, 2.45) is 0 Å². The molecule has 22 heavy (non-hydrogen) atoms. The summed E-state index contributed by atoms with van der Waals surface area (Å²) < 4.78 is 36.7. The van der Waals surface area contributed by atoms with E-state index in [1.807, 2.05) is 24.3 Å². The van der Waals surface area contributed by atoms with Crippen molar-refractivity contribution in [3.05, 3.63) is 59.9 Å². The van der Waals surface area contributed by atoms with E-state index in [1.165, 1.54) is 12.1 Å². The third-order valence-corrected chi connectivity index (χ3v) is 3.69. The Morgan fingerprint density at radius 2 is 1.68 bits per heavy atom. The number of rotatable bonds is 3. The Morgan fingerprint density at radius 3 is 2.36 bits per heavy atom. The SMILES string of the molecule is FC(F)(F)Sc1ccc(C=Cc2nc3ccccc3[nH]2)cc1. The Balaban J connectivity index is 1.74. The first-order chi connectivity index (χ1) is 10.5. The fourth-order valence-corrected chi connectivity index (χ4v) is 2.55. The third kappa shape index (κ3) is 3.71. The van der Waals surface area contributed by atoms with Crippen LogP contribution in [0.4, 0.5) is 13.2 Å². The van der Waals surface area contributed by atoms with Gasteiger partial charge in [-0.2, -0.15) is 13.2 Å². The minimum absolute atomic E-state index is 0.116. The molecule has 0 saturated heterocycles. The lowest BCUT2D eigenvalue weighted by atomic mass is 10.2. The lowest BCUT2D eigenvalue weighted by Crippen LogP contribution is -1.98. The standard InChI is InChI=1S/C16H11F3N2S/c17-16(18,19)22-12-8-5-11(6-9-12)7-10-15-20-13-3-1-2-4-14(13)21-15/h1-10H,(H,20,21). The van der Waals surface area contributed by atoms with Gasteiger partial charge in [-0.05, 0) is 47.7 Å². The van der Waals surface area contributed by atoms with Crippen molar-refractivity contribution in [2.45, 2.75) is 10.4 Å². The van der Waals surface area contributed by atoms with E-state index in [-0.39, 0.29) is 16.7 Å². The van der Waals surface area contributed by atoms with Gasteiger partial charge in [-0.25, -0.2) is 4.98 Å². The first-order valence-electron chi connectivity index (χ1n) is 6.48. The summed E-state index contributed by atoms with van der Waals surface area (Å²) in [6.07, 6.45) is 3.60. The number of imidazole rings is 1. The van der Waals surface area contributed by atoms with Gasteiger partial charge in [0, 0.05) is 4.90 Å². The lowest BCUT2D eigenvalue weighted by Gasteiger charge is -2.05. The zero-order valence-electron chi connectivity index (χ0n) is 11.3. The summed E-state index contributed by atoms with van der Waals surface area (Å²) in [5, 5.41) is 0. The molecule has 2 nitrogen and oxygen atoms in total. The number of alkyl halides is 3. The van der Waals surface area contributed by atoms with Crippen LogP contribution in [0.5, 0.6) is 0 Å². The Morgan fingerprint density at radius 1 is 0.955 bits per heavy atom. The van der Waals surface area contributed by atoms with Gasteiger partial charge in [0.25, 0.3) is 0 Å². The maximum atomic E-state index is 12.2. The highest BCUT2D eigenvalue weighted by molar-refractivity contribution is 8.00. The second kappa shape index (κ2) is 5.88. The number of nitrogens with one attached hydrogen (secondary N) is 1. The molecular weight excluding hydrogens is 309 g/mol. The molecule has 0 atom stereocenters. The number of para-hydroxylation sites is 2. The van der Waals surface area contributed by atoms with Crippen LogP contribution in [0.25, 0.3) is 23.2 Å². The molecule has 3 aromatic rings. The number of hydrogen-bond donors (Lipinski definition) is 1. The van der Waals surface area contributed by atoms with Gasteiger partial charge in [-0.1, -0.05) is 30.3 Å². The van der Waals surface area contributed by atoms with E-state index >= 15 is 0 Å². The van der Waals surface area contributed by atoms with Crippen LogP contribution in [0.15, 0.2) is 53.4 Å². The van der Waals surface area contributed by atoms with Crippen LogP contribution < -0.4 is 0 Å². The molecule has 3 rings (SSSR count). The lowest BCUT2D eigenvalue weighted by molar-refractivity contribution is -0.0328. The molecule has 0 aliphatic rings. The van der Waals surface area contributed by atoms with Gasteiger partial charge in [0.2, 0.25) is 0 Å². The molecule has 0 fully saturated rings. The molecule has 0 spiro atoms. The number of benzene rings is 2. The summed E-state index contributed by atoms with van der Waals surface area (Å²) in [5.74, 6) is 0.704. The molecule has 0 aliphatic heterocycles. The van der Waals surface area contributed by atoms with Crippen LogP contribution in [-0.2, 0) is 0 Å². The maximum Gasteiger partial charge on any atom is 0.446 e. The predicted molar refractivity (Wildman–Crippen MR) is 83.4 cm³/mol. The predicted octanol–water partition coefficient (Wildman–Crippen LogP) is 5.35. The number of aromatic nitrogens is 2. The Kier molecular flexibility index (Phi) is 3.94. The van der Waals surface area contributed by atoms with Gasteiger partial charge in [0.05, 0.1) is 11.0 Å². The molecule has 0 aliphatic carbocycles. The monoisotopic (exact) mass is 320 g/mol. The van der Waals surface area contributed by atoms with Crippen molar-refractivity contribution in [3.63, 3.8) is 0 Å². The molecular formula is C16H11F3N2S. The van der Waals surface area contributed by atoms with Crippen molar-refractivity contribution >= 4 is 34.9 Å². The second-order valence-electron chi connectivity index (χ2n) is 4.59. The normalized spacial score (nSPS) is 12.3. The summed E-state index contributed by atoms with van der Waals surface area (Å²) in [4.78, 5) is 7.73. The van der Waals surface area contributed by atoms with Gasteiger partial charge in [-0.3, -0.25) is 0 Å². The van der Waals surface area contributed by atoms with E-state index in [0.29, 0.717) is 5.82 Å². The van der Waals surface area contributed by atoms with Gasteiger partial charge >= 0.3 is 5.51 Å². The fraction of sp³-hybridized carbons (Fsp3) is 0.0625. The highest BCUT2D eigenvalue weighted by atomic mass is 32.2. The molecule has 1 aromatic heterocycles. The average molecular weight is 320 g/mol. The number of nitrogens with zero attached hydrogens (tertiary/aromatic N) is 1. The Labute approximate surface area is 129 Å². The summed E-state index contributed by atoms with van der Waals surface area (Å²) in [6, 6.07) is 13.9. The van der Waals surface area contributed by atoms with Crippen LogP contribution >= 0.6 is 11.8 Å². The number of halogens is 3. The highest BCUT2D eigenvalue weighted by Gasteiger charge is 2.28. The van der Waals surface area contributed by atoms with Gasteiger partial charge in [0.1, 0.15) is 5.82 Å². The maximum absolute atomic E-state index is 12.2. The minimum Gasteiger partial charge on any atom is -0.338 e. The number of H-pyrrole nitrogens is 1. The zero-order valence-corrected chi connectivity index (χ0v) is 12.1. The van der Waals surface area contributed by atoms with Crippen LogP contribution in [-0.4, -0.2) is 15.5 Å². The van der Waals surface area contributed by atoms with E-state index in [2.05, 4.69) is 9.97 Å². The molecule has 0 bridgehead atoms. The summed E-state index contributed by atoms with van der Waals surface area (Å²) in [5.41, 5.74) is -1.63. The van der Waals surface area contributed by atoms with Crippen LogP contribution in [0.3, 0.4) is 0 Å². The molecule has 1 heterocycles. The number of thioether (sulfide) groups is 1. The van der Waals surface area contributed by atoms with Crippen molar-refractivity contribution in [3.8, 4) is 0 Å². The van der Waals surface area contributed by atoms with E-state index in [1.54, 1.807) is 24.3 Å². The Bertz CT molecular complexity index is 771. The quantitative estimate of drug-likeness (QED) is 0.659. The molecule has 0 saturated carbocycles. The van der Waals surface area contributed by atoms with Crippen molar-refractivity contribution < 1.29 is 13.2 Å². The highest BCUT2D eigenvalue weighted by Crippen LogP contribution is 2.36. The largest absolute Gasteiger partial charge is 0.446 e.